The fraction of sp³-hybridized carbons (Fsp3) is 0.429. The Bertz CT molecular complexity index is 837. The van der Waals surface area contributed by atoms with E-state index in [1.165, 1.54) is 18.8 Å². The summed E-state index contributed by atoms with van der Waals surface area (Å²) in [5.41, 5.74) is -0.0870. The molecular formula is C14H21N2O7P3. The first-order valence-corrected chi connectivity index (χ1v) is 11.0. The molecule has 0 saturated heterocycles. The van der Waals surface area contributed by atoms with E-state index < -0.39 is 31.4 Å². The molecule has 144 valence electrons. The van der Waals surface area contributed by atoms with E-state index in [0.29, 0.717) is 5.71 Å². The van der Waals surface area contributed by atoms with E-state index in [9.17, 15) is 9.36 Å². The number of aryl methyl sites for hydroxylation is 1. The molecule has 2 heterocycles. The largest absolute Gasteiger partial charge is 0.443 e. The Morgan fingerprint density at radius 2 is 1.96 bits per heavy atom. The fourth-order valence-electron chi connectivity index (χ4n) is 1.98. The van der Waals surface area contributed by atoms with E-state index in [2.05, 4.69) is 4.98 Å². The summed E-state index contributed by atoms with van der Waals surface area (Å²) in [7, 11) is -1.28. The van der Waals surface area contributed by atoms with E-state index in [4.69, 9.17) is 22.1 Å². The second-order valence-corrected chi connectivity index (χ2v) is 9.22. The van der Waals surface area contributed by atoms with Gasteiger partial charge < -0.3 is 13.5 Å². The van der Waals surface area contributed by atoms with Crippen molar-refractivity contribution in [1.29, 1.82) is 0 Å². The SMILES string of the molecule is CCc1cc2cn(C/C=C/CP(=O)(OPOC)OPOC)c(=O)nc2o1. The van der Waals surface area contributed by atoms with Crippen molar-refractivity contribution in [3.05, 3.63) is 40.7 Å². The molecule has 12 heteroatoms. The van der Waals surface area contributed by atoms with E-state index in [0.717, 1.165) is 17.6 Å². The van der Waals surface area contributed by atoms with Crippen molar-refractivity contribution in [3.63, 3.8) is 0 Å². The van der Waals surface area contributed by atoms with Crippen molar-refractivity contribution in [3.8, 4) is 0 Å². The number of rotatable bonds is 11. The lowest BCUT2D eigenvalue weighted by atomic mass is 10.3. The van der Waals surface area contributed by atoms with Gasteiger partial charge in [-0.15, -0.1) is 0 Å². The predicted octanol–water partition coefficient (Wildman–Crippen LogP) is 3.64. The van der Waals surface area contributed by atoms with Crippen molar-refractivity contribution in [2.75, 3.05) is 20.4 Å². The highest BCUT2D eigenvalue weighted by atomic mass is 31.3. The van der Waals surface area contributed by atoms with Crippen LogP contribution in [-0.2, 0) is 35.2 Å². The van der Waals surface area contributed by atoms with Crippen LogP contribution in [0, 0.1) is 0 Å². The van der Waals surface area contributed by atoms with Gasteiger partial charge in [-0.05, 0) is 6.07 Å². The van der Waals surface area contributed by atoms with Crippen LogP contribution in [0.2, 0.25) is 0 Å². The molecule has 0 aliphatic rings. The van der Waals surface area contributed by atoms with Gasteiger partial charge in [0.2, 0.25) is 5.71 Å². The van der Waals surface area contributed by atoms with E-state index in [1.807, 2.05) is 13.0 Å². The third-order valence-corrected chi connectivity index (χ3v) is 7.01. The molecule has 2 aromatic rings. The van der Waals surface area contributed by atoms with Crippen LogP contribution in [0.5, 0.6) is 0 Å². The van der Waals surface area contributed by atoms with Gasteiger partial charge >= 0.3 is 13.3 Å². The molecule has 0 saturated carbocycles. The lowest BCUT2D eigenvalue weighted by Crippen LogP contribution is -2.21. The number of furan rings is 1. The van der Waals surface area contributed by atoms with Crippen LogP contribution in [0.3, 0.4) is 0 Å². The summed E-state index contributed by atoms with van der Waals surface area (Å²) >= 11 is 0. The molecule has 0 bridgehead atoms. The summed E-state index contributed by atoms with van der Waals surface area (Å²) in [5.74, 6) is 0.772. The van der Waals surface area contributed by atoms with E-state index in [1.54, 1.807) is 18.3 Å². The summed E-state index contributed by atoms with van der Waals surface area (Å²) in [5, 5.41) is 0.759. The molecule has 0 fully saturated rings. The summed E-state index contributed by atoms with van der Waals surface area (Å²) in [6.45, 7) is 2.23. The zero-order valence-electron chi connectivity index (χ0n) is 14.6. The lowest BCUT2D eigenvalue weighted by Gasteiger charge is -2.14. The minimum Gasteiger partial charge on any atom is -0.443 e. The molecule has 0 spiro atoms. The van der Waals surface area contributed by atoms with Gasteiger partial charge in [0.25, 0.3) is 0 Å². The number of fused-ring (bicyclic) bond motifs is 1. The maximum Gasteiger partial charge on any atom is 0.351 e. The number of nitrogens with zero attached hydrogens (tertiary/aromatic N) is 2. The smallest absolute Gasteiger partial charge is 0.351 e. The van der Waals surface area contributed by atoms with Crippen LogP contribution in [0.4, 0.5) is 0 Å². The first kappa shape index (κ1) is 21.4. The molecule has 0 aliphatic heterocycles. The average molecular weight is 422 g/mol. The lowest BCUT2D eigenvalue weighted by molar-refractivity contribution is 0.355. The Balaban J connectivity index is 2.04. The minimum absolute atomic E-state index is 0.0375. The van der Waals surface area contributed by atoms with Gasteiger partial charge in [0.05, 0.1) is 11.5 Å². The van der Waals surface area contributed by atoms with Crippen LogP contribution in [0.25, 0.3) is 11.1 Å². The second-order valence-electron chi connectivity index (χ2n) is 5.02. The summed E-state index contributed by atoms with van der Waals surface area (Å²) in [4.78, 5) is 16.0. The minimum atomic E-state index is -3.36. The van der Waals surface area contributed by atoms with Crippen LogP contribution in [-0.4, -0.2) is 29.9 Å². The Kier molecular flexibility index (Phi) is 8.58. The maximum atomic E-state index is 12.5. The van der Waals surface area contributed by atoms with Gasteiger partial charge in [-0.3, -0.25) is 17.8 Å². The topological polar surface area (TPSA) is 102 Å². The molecule has 2 unspecified atom stereocenters. The summed E-state index contributed by atoms with van der Waals surface area (Å²) < 4.78 is 39.3. The summed E-state index contributed by atoms with van der Waals surface area (Å²) in [6, 6.07) is 1.86. The first-order valence-electron chi connectivity index (χ1n) is 7.68. The molecule has 2 rings (SSSR count). The average Bonchev–Trinajstić information content (AvgIpc) is 3.04. The van der Waals surface area contributed by atoms with Crippen molar-refractivity contribution in [1.82, 2.24) is 9.55 Å². The molecule has 0 amide bonds. The number of allylic oxidation sites excluding steroid dienone is 2. The standard InChI is InChI=1S/C14H21N2O7P3/c1-4-12-9-11-10-16(14(17)15-13(11)21-12)7-5-6-8-26(18,22-24-19-2)23-25-20-3/h5-6,9-10,24-25H,4,7-8H2,1-3H3/b6-5+. The van der Waals surface area contributed by atoms with Gasteiger partial charge in [-0.25, -0.2) is 4.79 Å². The molecule has 0 aliphatic carbocycles. The maximum absolute atomic E-state index is 12.5. The van der Waals surface area contributed by atoms with Crippen LogP contribution in [0.1, 0.15) is 12.7 Å². The number of hydrogen-bond donors (Lipinski definition) is 0. The number of hydrogen-bond acceptors (Lipinski definition) is 8. The molecular weight excluding hydrogens is 401 g/mol. The zero-order chi connectivity index (χ0) is 19.0. The Labute approximate surface area is 154 Å². The molecule has 0 N–H and O–H groups in total. The molecule has 9 nitrogen and oxygen atoms in total. The van der Waals surface area contributed by atoms with Crippen LogP contribution in [0.15, 0.2) is 33.6 Å². The van der Waals surface area contributed by atoms with Crippen molar-refractivity contribution in [2.45, 2.75) is 19.9 Å². The zero-order valence-corrected chi connectivity index (χ0v) is 17.5. The van der Waals surface area contributed by atoms with Crippen molar-refractivity contribution < 1.29 is 26.7 Å². The molecule has 2 atom stereocenters. The van der Waals surface area contributed by atoms with E-state index >= 15 is 0 Å². The van der Waals surface area contributed by atoms with Crippen molar-refractivity contribution in [2.24, 2.45) is 0 Å². The monoisotopic (exact) mass is 422 g/mol. The molecule has 0 radical (unpaired) electrons. The van der Waals surface area contributed by atoms with Gasteiger partial charge in [0.15, 0.2) is 18.1 Å². The fourth-order valence-corrected chi connectivity index (χ4v) is 4.97. The van der Waals surface area contributed by atoms with Gasteiger partial charge in [-0.1, -0.05) is 19.1 Å². The van der Waals surface area contributed by atoms with Gasteiger partial charge in [0, 0.05) is 33.4 Å². The Hall–Kier alpha value is -0.910. The highest BCUT2D eigenvalue weighted by Crippen LogP contribution is 2.57. The highest BCUT2D eigenvalue weighted by molar-refractivity contribution is 7.63. The van der Waals surface area contributed by atoms with E-state index in [-0.39, 0.29) is 12.7 Å². The predicted molar refractivity (Wildman–Crippen MR) is 102 cm³/mol. The van der Waals surface area contributed by atoms with Crippen LogP contribution < -0.4 is 5.69 Å². The first-order chi connectivity index (χ1) is 12.5. The van der Waals surface area contributed by atoms with Crippen LogP contribution >= 0.6 is 25.7 Å². The molecule has 2 aromatic heterocycles. The van der Waals surface area contributed by atoms with Crippen molar-refractivity contribution >= 4 is 36.8 Å². The quantitative estimate of drug-likeness (QED) is 0.400. The normalized spacial score (nSPS) is 15.2. The second kappa shape index (κ2) is 10.4. The summed E-state index contributed by atoms with van der Waals surface area (Å²) in [6.07, 6.45) is 5.77. The molecule has 0 aromatic carbocycles. The number of aromatic nitrogens is 2. The van der Waals surface area contributed by atoms with Gasteiger partial charge in [-0.2, -0.15) is 4.98 Å². The Morgan fingerprint density at radius 1 is 1.27 bits per heavy atom. The Morgan fingerprint density at radius 3 is 2.58 bits per heavy atom. The highest BCUT2D eigenvalue weighted by Gasteiger charge is 2.23. The molecule has 26 heavy (non-hydrogen) atoms. The van der Waals surface area contributed by atoms with Gasteiger partial charge in [0.1, 0.15) is 5.76 Å². The third kappa shape index (κ3) is 6.07. The third-order valence-electron chi connectivity index (χ3n) is 3.19.